The lowest BCUT2D eigenvalue weighted by atomic mass is 9.91. The number of hydrogen-bond acceptors (Lipinski definition) is 3. The molecule has 2 aliphatic rings. The van der Waals surface area contributed by atoms with E-state index >= 15 is 0 Å². The van der Waals surface area contributed by atoms with Crippen LogP contribution in [0.1, 0.15) is 39.0 Å². The fourth-order valence-electron chi connectivity index (χ4n) is 3.60. The van der Waals surface area contributed by atoms with Crippen LogP contribution < -0.4 is 10.6 Å². The van der Waals surface area contributed by atoms with Gasteiger partial charge in [-0.3, -0.25) is 9.69 Å². The van der Waals surface area contributed by atoms with Crippen LogP contribution >= 0.6 is 0 Å². The third kappa shape index (κ3) is 6.67. The minimum absolute atomic E-state index is 0.0971. The van der Waals surface area contributed by atoms with E-state index in [-0.39, 0.29) is 11.8 Å². The van der Waals surface area contributed by atoms with Gasteiger partial charge in [0.2, 0.25) is 5.91 Å². The molecular weight excluding hydrogens is 307 g/mol. The number of halogens is 3. The van der Waals surface area contributed by atoms with Gasteiger partial charge in [0.25, 0.3) is 0 Å². The molecule has 4 nitrogen and oxygen atoms in total. The minimum atomic E-state index is -4.10. The van der Waals surface area contributed by atoms with E-state index in [9.17, 15) is 18.0 Å². The summed E-state index contributed by atoms with van der Waals surface area (Å²) in [6.45, 7) is 3.82. The molecule has 0 spiro atoms. The highest BCUT2D eigenvalue weighted by Gasteiger charge is 2.32. The first-order valence-corrected chi connectivity index (χ1v) is 8.63. The van der Waals surface area contributed by atoms with E-state index < -0.39 is 12.7 Å². The summed E-state index contributed by atoms with van der Waals surface area (Å²) in [4.78, 5) is 13.6. The molecule has 134 valence electrons. The van der Waals surface area contributed by atoms with E-state index in [1.807, 2.05) is 0 Å². The molecule has 2 N–H and O–H groups in total. The molecule has 0 aromatic heterocycles. The molecule has 0 bridgehead atoms. The highest BCUT2D eigenvalue weighted by molar-refractivity contribution is 5.78. The summed E-state index contributed by atoms with van der Waals surface area (Å²) in [5.41, 5.74) is 0. The number of nitrogens with zero attached hydrogens (tertiary/aromatic N) is 1. The topological polar surface area (TPSA) is 44.4 Å². The number of nitrogens with one attached hydrogen (secondary N) is 2. The molecule has 2 heterocycles. The van der Waals surface area contributed by atoms with E-state index in [1.54, 1.807) is 0 Å². The maximum Gasteiger partial charge on any atom is 0.401 e. The summed E-state index contributed by atoms with van der Waals surface area (Å²) in [6.07, 6.45) is 0.0965. The Morgan fingerprint density at radius 2 is 1.96 bits per heavy atom. The van der Waals surface area contributed by atoms with Crippen molar-refractivity contribution >= 4 is 5.91 Å². The average Bonchev–Trinajstić information content (AvgIpc) is 2.47. The Hall–Kier alpha value is -0.820. The van der Waals surface area contributed by atoms with Crippen LogP contribution in [-0.4, -0.2) is 55.7 Å². The van der Waals surface area contributed by atoms with Crippen LogP contribution in [0.5, 0.6) is 0 Å². The van der Waals surface area contributed by atoms with E-state index in [1.165, 1.54) is 4.90 Å². The van der Waals surface area contributed by atoms with Crippen molar-refractivity contribution in [3.63, 3.8) is 0 Å². The van der Waals surface area contributed by atoms with Crippen molar-refractivity contribution in [2.45, 2.75) is 51.2 Å². The Bertz CT molecular complexity index is 381. The SMILES string of the molecule is C[C@H]1C[C@@H](C(=O)NCCC2CCN(CC(F)(F)F)CC2)CCN1. The zero-order chi connectivity index (χ0) is 16.9. The molecule has 2 saturated heterocycles. The van der Waals surface area contributed by atoms with Crippen LogP contribution in [0.2, 0.25) is 0 Å². The number of rotatable bonds is 5. The van der Waals surface area contributed by atoms with Gasteiger partial charge in [0.15, 0.2) is 0 Å². The monoisotopic (exact) mass is 335 g/mol. The molecule has 0 unspecified atom stereocenters. The second-order valence-corrected chi connectivity index (χ2v) is 6.99. The maximum atomic E-state index is 12.3. The average molecular weight is 335 g/mol. The fraction of sp³-hybridized carbons (Fsp3) is 0.938. The molecule has 23 heavy (non-hydrogen) atoms. The van der Waals surface area contributed by atoms with Gasteiger partial charge in [-0.05, 0) is 64.6 Å². The van der Waals surface area contributed by atoms with Gasteiger partial charge in [0.1, 0.15) is 0 Å². The molecule has 0 aromatic rings. The van der Waals surface area contributed by atoms with Crippen molar-refractivity contribution in [3.05, 3.63) is 0 Å². The van der Waals surface area contributed by atoms with Gasteiger partial charge in [0, 0.05) is 18.5 Å². The van der Waals surface area contributed by atoms with Gasteiger partial charge in [-0.2, -0.15) is 13.2 Å². The standard InChI is InChI=1S/C16H28F3N3O/c1-12-10-14(3-7-20-12)15(23)21-6-2-13-4-8-22(9-5-13)11-16(17,18)19/h12-14,20H,2-11H2,1H3,(H,21,23)/t12-,14-/m0/s1. The first-order valence-electron chi connectivity index (χ1n) is 8.63. The van der Waals surface area contributed by atoms with Crippen LogP contribution in [0, 0.1) is 11.8 Å². The third-order valence-corrected chi connectivity index (χ3v) is 4.96. The number of carbonyl (C=O) groups is 1. The molecule has 2 fully saturated rings. The van der Waals surface area contributed by atoms with Crippen LogP contribution in [0.3, 0.4) is 0 Å². The molecule has 2 atom stereocenters. The first-order chi connectivity index (χ1) is 10.8. The molecule has 2 rings (SSSR count). The largest absolute Gasteiger partial charge is 0.401 e. The Labute approximate surface area is 136 Å². The van der Waals surface area contributed by atoms with Crippen LogP contribution in [0.25, 0.3) is 0 Å². The summed E-state index contributed by atoms with van der Waals surface area (Å²) in [7, 11) is 0. The second kappa shape index (κ2) is 8.33. The van der Waals surface area contributed by atoms with Crippen molar-refractivity contribution in [2.24, 2.45) is 11.8 Å². The van der Waals surface area contributed by atoms with Crippen LogP contribution in [-0.2, 0) is 4.79 Å². The van der Waals surface area contributed by atoms with Gasteiger partial charge in [-0.15, -0.1) is 0 Å². The van der Waals surface area contributed by atoms with Crippen molar-refractivity contribution in [3.8, 4) is 0 Å². The summed E-state index contributed by atoms with van der Waals surface area (Å²) in [6, 6.07) is 0.387. The van der Waals surface area contributed by atoms with E-state index in [2.05, 4.69) is 17.6 Å². The second-order valence-electron chi connectivity index (χ2n) is 6.99. The molecule has 1 amide bonds. The van der Waals surface area contributed by atoms with E-state index in [0.717, 1.165) is 38.6 Å². The number of hydrogen-bond donors (Lipinski definition) is 2. The lowest BCUT2D eigenvalue weighted by Crippen LogP contribution is -2.43. The Morgan fingerprint density at radius 1 is 1.26 bits per heavy atom. The Morgan fingerprint density at radius 3 is 2.57 bits per heavy atom. The van der Waals surface area contributed by atoms with Gasteiger partial charge in [-0.1, -0.05) is 0 Å². The molecule has 0 aromatic carbocycles. The van der Waals surface area contributed by atoms with E-state index in [4.69, 9.17) is 0 Å². The van der Waals surface area contributed by atoms with Crippen molar-refractivity contribution < 1.29 is 18.0 Å². The van der Waals surface area contributed by atoms with Crippen molar-refractivity contribution in [2.75, 3.05) is 32.7 Å². The third-order valence-electron chi connectivity index (χ3n) is 4.96. The highest BCUT2D eigenvalue weighted by Crippen LogP contribution is 2.24. The number of alkyl halides is 3. The fourth-order valence-corrected chi connectivity index (χ4v) is 3.60. The predicted molar refractivity (Wildman–Crippen MR) is 83.0 cm³/mol. The zero-order valence-corrected chi connectivity index (χ0v) is 13.8. The highest BCUT2D eigenvalue weighted by atomic mass is 19.4. The zero-order valence-electron chi connectivity index (χ0n) is 13.8. The number of amides is 1. The molecule has 7 heteroatoms. The smallest absolute Gasteiger partial charge is 0.356 e. The van der Waals surface area contributed by atoms with Crippen molar-refractivity contribution in [1.29, 1.82) is 0 Å². The maximum absolute atomic E-state index is 12.3. The van der Waals surface area contributed by atoms with Gasteiger partial charge >= 0.3 is 6.18 Å². The number of piperidine rings is 2. The summed E-state index contributed by atoms with van der Waals surface area (Å²) in [5, 5.41) is 6.34. The molecule has 0 radical (unpaired) electrons. The lowest BCUT2D eigenvalue weighted by molar-refractivity contribution is -0.148. The number of likely N-dealkylation sites (tertiary alicyclic amines) is 1. The van der Waals surface area contributed by atoms with Crippen LogP contribution in [0.4, 0.5) is 13.2 Å². The molecule has 0 saturated carbocycles. The van der Waals surface area contributed by atoms with Crippen molar-refractivity contribution in [1.82, 2.24) is 15.5 Å². The molecule has 0 aliphatic carbocycles. The summed E-state index contributed by atoms with van der Waals surface area (Å²) >= 11 is 0. The van der Waals surface area contributed by atoms with Gasteiger partial charge in [0.05, 0.1) is 6.54 Å². The first kappa shape index (κ1) is 18.5. The van der Waals surface area contributed by atoms with Gasteiger partial charge < -0.3 is 10.6 Å². The predicted octanol–water partition coefficient (Wildman–Crippen LogP) is 2.16. The Balaban J connectivity index is 1.59. The lowest BCUT2D eigenvalue weighted by Gasteiger charge is -2.32. The van der Waals surface area contributed by atoms with E-state index in [0.29, 0.717) is 31.6 Å². The molecular formula is C16H28F3N3O. The Kier molecular flexibility index (Phi) is 6.71. The number of carbonyl (C=O) groups excluding carboxylic acids is 1. The van der Waals surface area contributed by atoms with Crippen LogP contribution in [0.15, 0.2) is 0 Å². The van der Waals surface area contributed by atoms with Gasteiger partial charge in [-0.25, -0.2) is 0 Å². The summed E-state index contributed by atoms with van der Waals surface area (Å²) in [5.74, 6) is 0.652. The normalized spacial score (nSPS) is 27.8. The minimum Gasteiger partial charge on any atom is -0.356 e. The quantitative estimate of drug-likeness (QED) is 0.809. The summed E-state index contributed by atoms with van der Waals surface area (Å²) < 4.78 is 37.0. The molecule has 2 aliphatic heterocycles.